The highest BCUT2D eigenvalue weighted by molar-refractivity contribution is 5.05. The topological polar surface area (TPSA) is 20.2 Å². The van der Waals surface area contributed by atoms with Gasteiger partial charge in [-0.1, -0.05) is 18.6 Å². The van der Waals surface area contributed by atoms with Crippen molar-refractivity contribution >= 4 is 0 Å². The number of hydrogen-bond acceptors (Lipinski definition) is 1. The summed E-state index contributed by atoms with van der Waals surface area (Å²) < 4.78 is 0. The summed E-state index contributed by atoms with van der Waals surface area (Å²) in [5, 5.41) is 8.75. The van der Waals surface area contributed by atoms with Crippen molar-refractivity contribution in [3.05, 3.63) is 11.6 Å². The summed E-state index contributed by atoms with van der Waals surface area (Å²) in [6, 6.07) is 0. The largest absolute Gasteiger partial charge is 0.396 e. The Balaban J connectivity index is 2.24. The van der Waals surface area contributed by atoms with Gasteiger partial charge in [-0.25, -0.2) is 0 Å². The molecule has 0 aromatic carbocycles. The fourth-order valence-corrected chi connectivity index (χ4v) is 1.86. The summed E-state index contributed by atoms with van der Waals surface area (Å²) in [6.45, 7) is 2.57. The van der Waals surface area contributed by atoms with Crippen LogP contribution >= 0.6 is 0 Å². The second-order valence-electron chi connectivity index (χ2n) is 3.93. The highest BCUT2D eigenvalue weighted by Crippen LogP contribution is 2.24. The zero-order valence-electron chi connectivity index (χ0n) is 8.05. The van der Waals surface area contributed by atoms with Crippen LogP contribution in [0.4, 0.5) is 0 Å². The molecule has 12 heavy (non-hydrogen) atoms. The fourth-order valence-electron chi connectivity index (χ4n) is 1.86. The predicted octanol–water partition coefficient (Wildman–Crippen LogP) is 2.90. The molecular weight excluding hydrogens is 148 g/mol. The van der Waals surface area contributed by atoms with Crippen molar-refractivity contribution in [1.82, 2.24) is 0 Å². The Morgan fingerprint density at radius 1 is 1.50 bits per heavy atom. The third-order valence-corrected chi connectivity index (χ3v) is 2.62. The van der Waals surface area contributed by atoms with Gasteiger partial charge < -0.3 is 5.11 Å². The van der Waals surface area contributed by atoms with Crippen LogP contribution in [0.25, 0.3) is 0 Å². The van der Waals surface area contributed by atoms with Crippen LogP contribution in [0.5, 0.6) is 0 Å². The Morgan fingerprint density at radius 3 is 2.92 bits per heavy atom. The summed E-state index contributed by atoms with van der Waals surface area (Å²) in [6.07, 6.45) is 9.89. The highest BCUT2D eigenvalue weighted by atomic mass is 16.3. The zero-order valence-corrected chi connectivity index (χ0v) is 8.05. The quantitative estimate of drug-likeness (QED) is 0.640. The molecule has 70 valence electrons. The first-order valence-corrected chi connectivity index (χ1v) is 5.11. The van der Waals surface area contributed by atoms with Crippen LogP contribution in [-0.2, 0) is 0 Å². The maximum atomic E-state index is 8.75. The van der Waals surface area contributed by atoms with Crippen LogP contribution in [0.1, 0.15) is 45.4 Å². The van der Waals surface area contributed by atoms with Crippen molar-refractivity contribution in [3.8, 4) is 0 Å². The van der Waals surface area contributed by atoms with E-state index in [1.165, 1.54) is 32.1 Å². The molecule has 0 fully saturated rings. The van der Waals surface area contributed by atoms with Crippen molar-refractivity contribution in [1.29, 1.82) is 0 Å². The predicted molar refractivity (Wildman–Crippen MR) is 52.0 cm³/mol. The molecule has 1 aliphatic rings. The molecule has 1 atom stereocenters. The molecule has 0 bridgehead atoms. The van der Waals surface area contributed by atoms with Gasteiger partial charge in [-0.3, -0.25) is 0 Å². The van der Waals surface area contributed by atoms with E-state index in [0.717, 1.165) is 6.42 Å². The van der Waals surface area contributed by atoms with Gasteiger partial charge in [0.25, 0.3) is 0 Å². The van der Waals surface area contributed by atoms with Crippen molar-refractivity contribution < 1.29 is 5.11 Å². The smallest absolute Gasteiger partial charge is 0.0433 e. The lowest BCUT2D eigenvalue weighted by atomic mass is 9.91. The Labute approximate surface area is 75.5 Å². The Hall–Kier alpha value is -0.300. The van der Waals surface area contributed by atoms with Crippen molar-refractivity contribution in [3.63, 3.8) is 0 Å². The van der Waals surface area contributed by atoms with E-state index in [4.69, 9.17) is 5.11 Å². The molecule has 1 aliphatic carbocycles. The minimum atomic E-state index is 0.342. The summed E-state index contributed by atoms with van der Waals surface area (Å²) in [4.78, 5) is 0. The van der Waals surface area contributed by atoms with Crippen LogP contribution in [0, 0.1) is 5.92 Å². The normalized spacial score (nSPS) is 20.3. The molecule has 0 aromatic heterocycles. The Morgan fingerprint density at radius 2 is 2.33 bits per heavy atom. The maximum Gasteiger partial charge on any atom is 0.0433 e. The van der Waals surface area contributed by atoms with Gasteiger partial charge in [0.2, 0.25) is 0 Å². The van der Waals surface area contributed by atoms with E-state index in [2.05, 4.69) is 13.0 Å². The zero-order chi connectivity index (χ0) is 8.81. The molecule has 0 saturated carbocycles. The van der Waals surface area contributed by atoms with Gasteiger partial charge in [-0.2, -0.15) is 0 Å². The average molecular weight is 168 g/mol. The number of aliphatic hydroxyl groups is 1. The molecule has 0 spiro atoms. The first kappa shape index (κ1) is 9.79. The lowest BCUT2D eigenvalue weighted by Crippen LogP contribution is -2.02. The second kappa shape index (κ2) is 5.36. The minimum absolute atomic E-state index is 0.342. The van der Waals surface area contributed by atoms with Crippen molar-refractivity contribution in [2.45, 2.75) is 45.4 Å². The molecular formula is C11H20O. The van der Waals surface area contributed by atoms with Crippen molar-refractivity contribution in [2.24, 2.45) is 5.92 Å². The summed E-state index contributed by atoms with van der Waals surface area (Å²) in [7, 11) is 0. The average Bonchev–Trinajstić information content (AvgIpc) is 2.06. The molecule has 0 aliphatic heterocycles. The summed E-state index contributed by atoms with van der Waals surface area (Å²) >= 11 is 0. The molecule has 1 rings (SSSR count). The number of rotatable bonds is 4. The number of hydrogen-bond donors (Lipinski definition) is 1. The monoisotopic (exact) mass is 168 g/mol. The van der Waals surface area contributed by atoms with E-state index in [1.807, 2.05) is 0 Å². The maximum absolute atomic E-state index is 8.75. The minimum Gasteiger partial charge on any atom is -0.396 e. The first-order chi connectivity index (χ1) is 5.83. The van der Waals surface area contributed by atoms with Crippen molar-refractivity contribution in [2.75, 3.05) is 6.61 Å². The van der Waals surface area contributed by atoms with Crippen LogP contribution in [0.3, 0.4) is 0 Å². The van der Waals surface area contributed by atoms with E-state index < -0.39 is 0 Å². The van der Waals surface area contributed by atoms with Gasteiger partial charge in [0, 0.05) is 6.61 Å². The SMILES string of the molecule is CC(CCO)CC1=CCCCC1. The van der Waals surface area contributed by atoms with Gasteiger partial charge in [0.1, 0.15) is 0 Å². The second-order valence-corrected chi connectivity index (χ2v) is 3.93. The van der Waals surface area contributed by atoms with Gasteiger partial charge in [-0.05, 0) is 44.4 Å². The van der Waals surface area contributed by atoms with Crippen LogP contribution in [-0.4, -0.2) is 11.7 Å². The van der Waals surface area contributed by atoms with E-state index in [9.17, 15) is 0 Å². The third-order valence-electron chi connectivity index (χ3n) is 2.62. The molecule has 1 heteroatoms. The molecule has 0 saturated heterocycles. The Kier molecular flexibility index (Phi) is 4.37. The van der Waals surface area contributed by atoms with E-state index >= 15 is 0 Å². The molecule has 1 unspecified atom stereocenters. The molecule has 0 amide bonds. The summed E-state index contributed by atoms with van der Waals surface area (Å²) in [5.41, 5.74) is 1.63. The lowest BCUT2D eigenvalue weighted by molar-refractivity contribution is 0.261. The molecule has 0 aromatic rings. The number of aliphatic hydroxyl groups excluding tert-OH is 1. The third kappa shape index (κ3) is 3.40. The molecule has 1 N–H and O–H groups in total. The molecule has 1 nitrogen and oxygen atoms in total. The van der Waals surface area contributed by atoms with E-state index in [-0.39, 0.29) is 0 Å². The van der Waals surface area contributed by atoms with Gasteiger partial charge in [-0.15, -0.1) is 0 Å². The van der Waals surface area contributed by atoms with E-state index in [1.54, 1.807) is 5.57 Å². The summed E-state index contributed by atoms with van der Waals surface area (Å²) in [5.74, 6) is 0.666. The van der Waals surface area contributed by atoms with Gasteiger partial charge in [0.15, 0.2) is 0 Å². The van der Waals surface area contributed by atoms with Gasteiger partial charge in [0.05, 0.1) is 0 Å². The fraction of sp³-hybridized carbons (Fsp3) is 0.818. The van der Waals surface area contributed by atoms with Gasteiger partial charge >= 0.3 is 0 Å². The number of allylic oxidation sites excluding steroid dienone is 2. The first-order valence-electron chi connectivity index (χ1n) is 5.11. The van der Waals surface area contributed by atoms with E-state index in [0.29, 0.717) is 12.5 Å². The molecule has 0 heterocycles. The van der Waals surface area contributed by atoms with Crippen LogP contribution < -0.4 is 0 Å². The highest BCUT2D eigenvalue weighted by Gasteiger charge is 2.07. The standard InChI is InChI=1S/C11H20O/c1-10(7-8-12)9-11-5-3-2-4-6-11/h5,10,12H,2-4,6-9H2,1H3. The lowest BCUT2D eigenvalue weighted by Gasteiger charge is -2.16. The molecule has 0 radical (unpaired) electrons. The Bertz CT molecular complexity index is 149. The van der Waals surface area contributed by atoms with Crippen LogP contribution in [0.15, 0.2) is 11.6 Å². The van der Waals surface area contributed by atoms with Crippen LogP contribution in [0.2, 0.25) is 0 Å².